The van der Waals surface area contributed by atoms with Gasteiger partial charge in [-0.25, -0.2) is 0 Å². The van der Waals surface area contributed by atoms with Gasteiger partial charge in [-0.2, -0.15) is 0 Å². The summed E-state index contributed by atoms with van der Waals surface area (Å²) in [6, 6.07) is 0. The molecule has 0 bridgehead atoms. The molecule has 0 aromatic carbocycles. The van der Waals surface area contributed by atoms with Crippen molar-refractivity contribution in [2.45, 2.75) is 65.2 Å². The van der Waals surface area contributed by atoms with Crippen LogP contribution in [0.2, 0.25) is 0 Å². The Hall–Kier alpha value is -0.990. The zero-order valence-electron chi connectivity index (χ0n) is 10.9. The summed E-state index contributed by atoms with van der Waals surface area (Å²) in [6.07, 6.45) is 4.65. The van der Waals surface area contributed by atoms with Crippen molar-refractivity contribution in [3.8, 4) is 0 Å². The molecule has 0 aliphatic heterocycles. The molecule has 16 heavy (non-hydrogen) atoms. The van der Waals surface area contributed by atoms with Gasteiger partial charge in [0.1, 0.15) is 5.76 Å². The Morgan fingerprint density at radius 1 is 1.19 bits per heavy atom. The van der Waals surface area contributed by atoms with Gasteiger partial charge < -0.3 is 10.3 Å². The van der Waals surface area contributed by atoms with E-state index in [1.807, 2.05) is 0 Å². The van der Waals surface area contributed by atoms with E-state index >= 15 is 0 Å². The monoisotopic (exact) mass is 224 g/mol. The number of nitrogens with two attached hydrogens (primary N) is 1. The lowest BCUT2D eigenvalue weighted by molar-refractivity contribution is 0.342. The van der Waals surface area contributed by atoms with Crippen LogP contribution in [0.25, 0.3) is 0 Å². The summed E-state index contributed by atoms with van der Waals surface area (Å²) in [5.74, 6) is 2.47. The van der Waals surface area contributed by atoms with Crippen LogP contribution in [0.4, 0.5) is 5.82 Å². The predicted octanol–water partition coefficient (Wildman–Crippen LogP) is 4.06. The summed E-state index contributed by atoms with van der Waals surface area (Å²) in [5, 5.41) is 3.93. The highest BCUT2D eigenvalue weighted by Gasteiger charge is 2.23. The fourth-order valence-corrected chi connectivity index (χ4v) is 2.30. The summed E-state index contributed by atoms with van der Waals surface area (Å²) in [5.41, 5.74) is 6.99. The van der Waals surface area contributed by atoms with E-state index in [2.05, 4.69) is 32.9 Å². The van der Waals surface area contributed by atoms with E-state index in [1.54, 1.807) is 0 Å². The molecule has 2 N–H and O–H groups in total. The highest BCUT2D eigenvalue weighted by Crippen LogP contribution is 2.35. The molecule has 92 valence electrons. The Kier molecular flexibility index (Phi) is 4.84. The minimum Gasteiger partial charge on any atom is -0.381 e. The van der Waals surface area contributed by atoms with Crippen LogP contribution < -0.4 is 5.73 Å². The molecule has 0 amide bonds. The van der Waals surface area contributed by atoms with Crippen LogP contribution in [-0.4, -0.2) is 5.16 Å². The summed E-state index contributed by atoms with van der Waals surface area (Å²) in [7, 11) is 0. The number of rotatable bonds is 6. The van der Waals surface area contributed by atoms with Gasteiger partial charge in [-0.3, -0.25) is 0 Å². The van der Waals surface area contributed by atoms with Crippen LogP contribution in [0.15, 0.2) is 4.52 Å². The van der Waals surface area contributed by atoms with Gasteiger partial charge >= 0.3 is 0 Å². The van der Waals surface area contributed by atoms with Gasteiger partial charge in [-0.05, 0) is 18.8 Å². The van der Waals surface area contributed by atoms with E-state index in [4.69, 9.17) is 10.3 Å². The molecule has 0 radical (unpaired) electrons. The topological polar surface area (TPSA) is 52.0 Å². The molecule has 3 heteroatoms. The van der Waals surface area contributed by atoms with Crippen molar-refractivity contribution in [1.82, 2.24) is 5.16 Å². The largest absolute Gasteiger partial charge is 0.381 e. The third-order valence-electron chi connectivity index (χ3n) is 3.01. The zero-order valence-corrected chi connectivity index (χ0v) is 10.9. The first-order valence-electron chi connectivity index (χ1n) is 6.36. The molecule has 0 aliphatic carbocycles. The Morgan fingerprint density at radius 3 is 2.19 bits per heavy atom. The van der Waals surface area contributed by atoms with Crippen LogP contribution in [0.3, 0.4) is 0 Å². The number of anilines is 1. The second-order valence-electron chi connectivity index (χ2n) is 4.77. The maximum absolute atomic E-state index is 5.87. The van der Waals surface area contributed by atoms with E-state index in [0.717, 1.165) is 24.2 Å². The van der Waals surface area contributed by atoms with Gasteiger partial charge in [0.25, 0.3) is 0 Å². The van der Waals surface area contributed by atoms with Crippen LogP contribution in [-0.2, 0) is 0 Å². The van der Waals surface area contributed by atoms with E-state index in [-0.39, 0.29) is 0 Å². The van der Waals surface area contributed by atoms with Crippen LogP contribution >= 0.6 is 0 Å². The summed E-state index contributed by atoms with van der Waals surface area (Å²) in [4.78, 5) is 0. The van der Waals surface area contributed by atoms with E-state index in [9.17, 15) is 0 Å². The van der Waals surface area contributed by atoms with E-state index in [0.29, 0.717) is 17.7 Å². The highest BCUT2D eigenvalue weighted by atomic mass is 16.5. The fraction of sp³-hybridized carbons (Fsp3) is 0.769. The third-order valence-corrected chi connectivity index (χ3v) is 3.01. The first-order chi connectivity index (χ1) is 7.61. The van der Waals surface area contributed by atoms with Crippen molar-refractivity contribution in [1.29, 1.82) is 0 Å². The number of hydrogen-bond acceptors (Lipinski definition) is 3. The minimum atomic E-state index is 0.387. The summed E-state index contributed by atoms with van der Waals surface area (Å²) < 4.78 is 5.45. The number of nitrogens with zero attached hydrogens (tertiary/aromatic N) is 1. The predicted molar refractivity (Wildman–Crippen MR) is 67.6 cm³/mol. The molecule has 0 spiro atoms. The highest BCUT2D eigenvalue weighted by molar-refractivity contribution is 5.43. The van der Waals surface area contributed by atoms with Gasteiger partial charge in [-0.15, -0.1) is 0 Å². The molecular weight excluding hydrogens is 200 g/mol. The van der Waals surface area contributed by atoms with Crippen molar-refractivity contribution >= 4 is 5.82 Å². The van der Waals surface area contributed by atoms with Gasteiger partial charge in [0.2, 0.25) is 0 Å². The molecule has 1 rings (SSSR count). The Balaban J connectivity index is 2.98. The quantitative estimate of drug-likeness (QED) is 0.792. The molecule has 0 atom stereocenters. The number of nitrogen functional groups attached to an aromatic ring is 1. The SMILES string of the molecule is CCCC(CCC)c1onc(N)c1C(C)C. The first kappa shape index (κ1) is 13.1. The number of hydrogen-bond donors (Lipinski definition) is 1. The zero-order chi connectivity index (χ0) is 12.1. The normalized spacial score (nSPS) is 11.6. The maximum Gasteiger partial charge on any atom is 0.170 e. The molecule has 3 nitrogen and oxygen atoms in total. The lowest BCUT2D eigenvalue weighted by Gasteiger charge is -2.15. The average Bonchev–Trinajstić information content (AvgIpc) is 2.60. The lowest BCUT2D eigenvalue weighted by Crippen LogP contribution is -2.03. The third kappa shape index (κ3) is 2.77. The average molecular weight is 224 g/mol. The van der Waals surface area contributed by atoms with Crippen molar-refractivity contribution in [2.75, 3.05) is 5.73 Å². The minimum absolute atomic E-state index is 0.387. The molecule has 0 saturated carbocycles. The van der Waals surface area contributed by atoms with Crippen molar-refractivity contribution in [3.05, 3.63) is 11.3 Å². The number of aromatic nitrogens is 1. The summed E-state index contributed by atoms with van der Waals surface area (Å²) in [6.45, 7) is 8.69. The maximum atomic E-state index is 5.87. The van der Waals surface area contributed by atoms with Crippen molar-refractivity contribution in [3.63, 3.8) is 0 Å². The standard InChI is InChI=1S/C13H24N2O/c1-5-7-10(8-6-2)12-11(9(3)4)13(14)15-16-12/h9-10H,5-8H2,1-4H3,(H2,14,15). The molecule has 1 aromatic heterocycles. The molecule has 0 fully saturated rings. The first-order valence-corrected chi connectivity index (χ1v) is 6.36. The smallest absolute Gasteiger partial charge is 0.170 e. The summed E-state index contributed by atoms with van der Waals surface area (Å²) >= 11 is 0. The van der Waals surface area contributed by atoms with Gasteiger partial charge in [0, 0.05) is 11.5 Å². The van der Waals surface area contributed by atoms with E-state index in [1.165, 1.54) is 12.8 Å². The second kappa shape index (κ2) is 5.92. The Labute approximate surface area is 98.4 Å². The van der Waals surface area contributed by atoms with Gasteiger partial charge in [-0.1, -0.05) is 45.7 Å². The van der Waals surface area contributed by atoms with Crippen molar-refractivity contribution < 1.29 is 4.52 Å². The van der Waals surface area contributed by atoms with Gasteiger partial charge in [0.15, 0.2) is 5.82 Å². The van der Waals surface area contributed by atoms with Crippen LogP contribution in [0, 0.1) is 0 Å². The molecule has 0 unspecified atom stereocenters. The van der Waals surface area contributed by atoms with Gasteiger partial charge in [0.05, 0.1) is 0 Å². The van der Waals surface area contributed by atoms with Crippen LogP contribution in [0.1, 0.15) is 76.5 Å². The fourth-order valence-electron chi connectivity index (χ4n) is 2.30. The Morgan fingerprint density at radius 2 is 1.75 bits per heavy atom. The molecule has 1 aromatic rings. The molecule has 0 aliphatic rings. The molecular formula is C13H24N2O. The molecule has 1 heterocycles. The van der Waals surface area contributed by atoms with Crippen LogP contribution in [0.5, 0.6) is 0 Å². The Bertz CT molecular complexity index is 312. The second-order valence-corrected chi connectivity index (χ2v) is 4.77. The van der Waals surface area contributed by atoms with E-state index < -0.39 is 0 Å². The van der Waals surface area contributed by atoms with Crippen molar-refractivity contribution in [2.24, 2.45) is 0 Å². The lowest BCUT2D eigenvalue weighted by atomic mass is 9.89. The molecule has 0 saturated heterocycles.